The average Bonchev–Trinajstić information content (AvgIpc) is 3.51. The summed E-state index contributed by atoms with van der Waals surface area (Å²) in [5.41, 5.74) is 2.51. The number of nitrogens with zero attached hydrogens (tertiary/aromatic N) is 2. The second-order valence-corrected chi connectivity index (χ2v) is 11.8. The fourth-order valence-corrected chi connectivity index (χ4v) is 6.87. The average molecular weight is 596 g/mol. The first-order valence-corrected chi connectivity index (χ1v) is 15.0. The predicted molar refractivity (Wildman–Crippen MR) is 167 cm³/mol. The van der Waals surface area contributed by atoms with E-state index < -0.39 is 11.5 Å². The summed E-state index contributed by atoms with van der Waals surface area (Å²) in [6.45, 7) is 3.27. The number of rotatable bonds is 9. The number of fused-ring (bicyclic) bond motifs is 2. The summed E-state index contributed by atoms with van der Waals surface area (Å²) in [5, 5.41) is 16.5. The molecule has 2 unspecified atom stereocenters. The zero-order valence-corrected chi connectivity index (χ0v) is 24.5. The highest BCUT2D eigenvalue weighted by atomic mass is 79.9. The number of hydrogen-bond donors (Lipinski definition) is 1. The molecule has 6 rings (SSSR count). The predicted octanol–water partition coefficient (Wildman–Crippen LogP) is 8.05. The Labute approximate surface area is 244 Å². The summed E-state index contributed by atoms with van der Waals surface area (Å²) in [6.07, 6.45) is 4.01. The van der Waals surface area contributed by atoms with E-state index in [1.807, 2.05) is 30.3 Å². The van der Waals surface area contributed by atoms with Gasteiger partial charge in [-0.1, -0.05) is 88.7 Å². The monoisotopic (exact) mass is 594 g/mol. The van der Waals surface area contributed by atoms with Crippen molar-refractivity contribution in [3.8, 4) is 5.88 Å². The Morgan fingerprint density at radius 3 is 2.45 bits per heavy atom. The maximum Gasteiger partial charge on any atom is 0.217 e. The maximum atomic E-state index is 13.3. The molecule has 2 heterocycles. The van der Waals surface area contributed by atoms with Gasteiger partial charge in [0.2, 0.25) is 5.88 Å². The van der Waals surface area contributed by atoms with Crippen LogP contribution in [0.2, 0.25) is 0 Å². The third-order valence-corrected chi connectivity index (χ3v) is 8.86. The fraction of sp³-hybridized carbons (Fsp3) is 0.286. The Kier molecular flexibility index (Phi) is 7.88. The molecule has 1 aliphatic rings. The lowest BCUT2D eigenvalue weighted by Gasteiger charge is -2.39. The maximum absolute atomic E-state index is 13.3. The van der Waals surface area contributed by atoms with E-state index in [0.717, 1.165) is 68.9 Å². The number of hydrogen-bond acceptors (Lipinski definition) is 4. The summed E-state index contributed by atoms with van der Waals surface area (Å²) in [5.74, 6) is 0.144. The minimum absolute atomic E-state index is 0.399. The van der Waals surface area contributed by atoms with Crippen LogP contribution in [-0.2, 0) is 5.60 Å². The summed E-state index contributed by atoms with van der Waals surface area (Å²) >= 11 is 3.63. The molecule has 0 bridgehead atoms. The first-order valence-electron chi connectivity index (χ1n) is 14.2. The van der Waals surface area contributed by atoms with E-state index in [1.165, 1.54) is 12.8 Å². The Bertz CT molecular complexity index is 1610. The van der Waals surface area contributed by atoms with Gasteiger partial charge in [-0.15, -0.1) is 0 Å². The molecule has 204 valence electrons. The molecule has 1 fully saturated rings. The minimum atomic E-state index is -1.21. The third kappa shape index (κ3) is 5.26. The molecular formula is C35H35BrN2O2. The van der Waals surface area contributed by atoms with Crippen molar-refractivity contribution in [1.29, 1.82) is 0 Å². The van der Waals surface area contributed by atoms with Gasteiger partial charge in [0.15, 0.2) is 0 Å². The normalized spacial score (nSPS) is 16.3. The zero-order chi connectivity index (χ0) is 27.5. The summed E-state index contributed by atoms with van der Waals surface area (Å²) in [4.78, 5) is 7.46. The van der Waals surface area contributed by atoms with Gasteiger partial charge >= 0.3 is 0 Å². The Morgan fingerprint density at radius 2 is 1.65 bits per heavy atom. The quantitative estimate of drug-likeness (QED) is 0.187. The number of ether oxygens (including phenoxy) is 1. The zero-order valence-electron chi connectivity index (χ0n) is 22.9. The molecule has 1 saturated heterocycles. The van der Waals surface area contributed by atoms with Gasteiger partial charge in [0.25, 0.3) is 0 Å². The van der Waals surface area contributed by atoms with Crippen molar-refractivity contribution in [3.05, 3.63) is 118 Å². The molecule has 1 N–H and O–H groups in total. The first kappa shape index (κ1) is 26.9. The first-order chi connectivity index (χ1) is 19.6. The largest absolute Gasteiger partial charge is 0.481 e. The lowest BCUT2D eigenvalue weighted by atomic mass is 9.70. The summed E-state index contributed by atoms with van der Waals surface area (Å²) in [6, 6.07) is 33.2. The van der Waals surface area contributed by atoms with Crippen molar-refractivity contribution < 1.29 is 9.84 Å². The standard InChI is InChI=1S/C35H35BrN2O2/c1-40-34-30(24-27-23-28(36)17-18-32(27)37-34)33(26-12-3-2-4-13-26)35(39,19-10-22-38-20-7-8-21-38)31-16-9-14-25-11-5-6-15-29(25)31/h2-6,9,11-18,23-24,33,39H,7-8,10,19-22H2,1H3. The minimum Gasteiger partial charge on any atom is -0.481 e. The lowest BCUT2D eigenvalue weighted by molar-refractivity contribution is 0.00713. The number of benzene rings is 4. The number of aromatic nitrogens is 1. The van der Waals surface area contributed by atoms with Gasteiger partial charge in [0.05, 0.1) is 12.6 Å². The Hall–Kier alpha value is -3.25. The molecule has 40 heavy (non-hydrogen) atoms. The van der Waals surface area contributed by atoms with E-state index in [4.69, 9.17) is 9.72 Å². The van der Waals surface area contributed by atoms with E-state index in [1.54, 1.807) is 7.11 Å². The second kappa shape index (κ2) is 11.7. The molecule has 0 spiro atoms. The van der Waals surface area contributed by atoms with Gasteiger partial charge in [-0.05, 0) is 91.5 Å². The van der Waals surface area contributed by atoms with E-state index in [9.17, 15) is 5.11 Å². The van der Waals surface area contributed by atoms with Crippen LogP contribution in [0.25, 0.3) is 21.7 Å². The molecule has 0 aliphatic carbocycles. The number of likely N-dealkylation sites (tertiary alicyclic amines) is 1. The molecule has 0 radical (unpaired) electrons. The van der Waals surface area contributed by atoms with Crippen molar-refractivity contribution in [2.75, 3.05) is 26.7 Å². The van der Waals surface area contributed by atoms with Gasteiger partial charge in [-0.3, -0.25) is 0 Å². The van der Waals surface area contributed by atoms with Crippen LogP contribution >= 0.6 is 15.9 Å². The molecule has 5 aromatic rings. The van der Waals surface area contributed by atoms with Crippen LogP contribution in [0.4, 0.5) is 0 Å². The highest BCUT2D eigenvalue weighted by Gasteiger charge is 2.43. The molecule has 0 saturated carbocycles. The number of aliphatic hydroxyl groups is 1. The topological polar surface area (TPSA) is 45.6 Å². The molecule has 4 aromatic carbocycles. The van der Waals surface area contributed by atoms with Crippen molar-refractivity contribution in [2.24, 2.45) is 0 Å². The summed E-state index contributed by atoms with van der Waals surface area (Å²) < 4.78 is 6.94. The lowest BCUT2D eigenvalue weighted by Crippen LogP contribution is -2.36. The highest BCUT2D eigenvalue weighted by Crippen LogP contribution is 2.49. The van der Waals surface area contributed by atoms with Gasteiger partial charge < -0.3 is 14.7 Å². The molecule has 4 nitrogen and oxygen atoms in total. The highest BCUT2D eigenvalue weighted by molar-refractivity contribution is 9.10. The van der Waals surface area contributed by atoms with Crippen LogP contribution in [0, 0.1) is 0 Å². The van der Waals surface area contributed by atoms with Crippen LogP contribution in [-0.4, -0.2) is 41.7 Å². The van der Waals surface area contributed by atoms with E-state index in [0.29, 0.717) is 12.3 Å². The molecular weight excluding hydrogens is 560 g/mol. The number of methoxy groups -OCH3 is 1. The van der Waals surface area contributed by atoms with E-state index in [-0.39, 0.29) is 0 Å². The smallest absolute Gasteiger partial charge is 0.217 e. The molecule has 0 amide bonds. The van der Waals surface area contributed by atoms with E-state index in [2.05, 4.69) is 87.6 Å². The van der Waals surface area contributed by atoms with Crippen LogP contribution in [0.15, 0.2) is 102 Å². The van der Waals surface area contributed by atoms with Gasteiger partial charge in [-0.2, -0.15) is 0 Å². The van der Waals surface area contributed by atoms with Crippen molar-refractivity contribution in [1.82, 2.24) is 9.88 Å². The molecule has 2 atom stereocenters. The fourth-order valence-electron chi connectivity index (χ4n) is 6.49. The Balaban J connectivity index is 1.58. The van der Waals surface area contributed by atoms with Gasteiger partial charge in [0.1, 0.15) is 5.60 Å². The summed E-state index contributed by atoms with van der Waals surface area (Å²) in [7, 11) is 1.67. The van der Waals surface area contributed by atoms with E-state index >= 15 is 0 Å². The van der Waals surface area contributed by atoms with Gasteiger partial charge in [0, 0.05) is 21.3 Å². The van der Waals surface area contributed by atoms with Gasteiger partial charge in [-0.25, -0.2) is 4.98 Å². The molecule has 5 heteroatoms. The van der Waals surface area contributed by atoms with Crippen LogP contribution < -0.4 is 4.74 Å². The molecule has 1 aromatic heterocycles. The van der Waals surface area contributed by atoms with Crippen molar-refractivity contribution in [3.63, 3.8) is 0 Å². The van der Waals surface area contributed by atoms with Crippen LogP contribution in [0.1, 0.15) is 48.3 Å². The van der Waals surface area contributed by atoms with Crippen molar-refractivity contribution in [2.45, 2.75) is 37.2 Å². The number of halogens is 1. The van der Waals surface area contributed by atoms with Crippen LogP contribution in [0.5, 0.6) is 5.88 Å². The number of pyridine rings is 1. The second-order valence-electron chi connectivity index (χ2n) is 10.9. The van der Waals surface area contributed by atoms with Crippen molar-refractivity contribution >= 4 is 37.6 Å². The SMILES string of the molecule is COc1nc2ccc(Br)cc2cc1C(c1ccccc1)C(O)(CCCN1CCCC1)c1cccc2ccccc12. The van der Waals surface area contributed by atoms with Crippen LogP contribution in [0.3, 0.4) is 0 Å². The molecule has 1 aliphatic heterocycles. The Morgan fingerprint density at radius 1 is 0.900 bits per heavy atom. The third-order valence-electron chi connectivity index (χ3n) is 8.37.